The summed E-state index contributed by atoms with van der Waals surface area (Å²) in [6, 6.07) is 28.7. The summed E-state index contributed by atoms with van der Waals surface area (Å²) in [6.07, 6.45) is 13.7. The van der Waals surface area contributed by atoms with Crippen molar-refractivity contribution in [2.75, 3.05) is 0 Å². The van der Waals surface area contributed by atoms with Gasteiger partial charge in [-0.1, -0.05) is 53.6 Å². The van der Waals surface area contributed by atoms with Gasteiger partial charge in [-0.15, -0.1) is 0 Å². The summed E-state index contributed by atoms with van der Waals surface area (Å²) in [4.78, 5) is 14.7. The fourth-order valence-electron chi connectivity index (χ4n) is 8.09. The maximum Gasteiger partial charge on any atom is 0.236 e. The maximum absolute atomic E-state index is 6.48. The fourth-order valence-corrected chi connectivity index (χ4v) is 8.09. The van der Waals surface area contributed by atoms with Crippen molar-refractivity contribution in [1.82, 2.24) is 19.1 Å². The third-order valence-electron chi connectivity index (χ3n) is 10.2. The minimum Gasteiger partial charge on any atom is -0.471 e. The highest BCUT2D eigenvalue weighted by atomic mass is 16.5. The Kier molecular flexibility index (Phi) is 5.33. The SMILES string of the molecule is Cc1ccc2c(c1)c1ccc(-n3c4ccc(C)cc4c4cccnc43)cc1n2-c1ccnc(C2=N[C@@H]3C4C=CC=CC4C[C@@H]3O2)c1. The standard InChI is InChI=1S/C40H31N5O/c1-23-9-13-34-31(18-23)29-12-11-26(45-35-14-10-24(2)19-32(35)30-8-5-16-42-39(30)45)22-36(29)44(34)27-15-17-41-33(21-27)40-43-38-28-7-4-3-6-25(28)20-37(38)46-40/h3-19,21-22,25,28,37-38H,20H2,1-2H3/t25?,28?,37-,38+/m0/s1. The average molecular weight is 598 g/mol. The van der Waals surface area contributed by atoms with Gasteiger partial charge in [0.1, 0.15) is 17.4 Å². The number of ether oxygens (including phenoxy) is 1. The highest BCUT2D eigenvalue weighted by Gasteiger charge is 2.47. The molecular formula is C40H31N5O. The number of rotatable bonds is 3. The summed E-state index contributed by atoms with van der Waals surface area (Å²) in [5.41, 5.74) is 9.74. The lowest BCUT2D eigenvalue weighted by Crippen LogP contribution is -2.20. The molecule has 0 saturated heterocycles. The molecule has 0 radical (unpaired) electrons. The fraction of sp³-hybridized carbons (Fsp3) is 0.175. The Balaban J connectivity index is 1.16. The zero-order valence-corrected chi connectivity index (χ0v) is 25.6. The van der Waals surface area contributed by atoms with Gasteiger partial charge in [-0.25, -0.2) is 9.98 Å². The van der Waals surface area contributed by atoms with E-state index in [2.05, 4.69) is 120 Å². The highest BCUT2D eigenvalue weighted by molar-refractivity contribution is 6.11. The largest absolute Gasteiger partial charge is 0.471 e. The lowest BCUT2D eigenvalue weighted by atomic mass is 9.90. The van der Waals surface area contributed by atoms with Crippen molar-refractivity contribution < 1.29 is 4.74 Å². The first-order valence-corrected chi connectivity index (χ1v) is 16.1. The number of fused-ring (bicyclic) bond motifs is 9. The summed E-state index contributed by atoms with van der Waals surface area (Å²) >= 11 is 0. The van der Waals surface area contributed by atoms with Gasteiger partial charge in [0, 0.05) is 45.5 Å². The Bertz CT molecular complexity index is 2500. The molecule has 10 rings (SSSR count). The average Bonchev–Trinajstić information content (AvgIpc) is 3.82. The molecule has 4 aromatic heterocycles. The van der Waals surface area contributed by atoms with Crippen LogP contribution in [0, 0.1) is 25.7 Å². The summed E-state index contributed by atoms with van der Waals surface area (Å²) < 4.78 is 11.1. The first-order valence-electron chi connectivity index (χ1n) is 16.1. The molecule has 46 heavy (non-hydrogen) atoms. The van der Waals surface area contributed by atoms with E-state index in [9.17, 15) is 0 Å². The minimum absolute atomic E-state index is 0.102. The van der Waals surface area contributed by atoms with Crippen molar-refractivity contribution in [2.24, 2.45) is 16.8 Å². The van der Waals surface area contributed by atoms with Crippen LogP contribution in [-0.2, 0) is 4.74 Å². The number of nitrogens with zero attached hydrogens (tertiary/aromatic N) is 5. The minimum atomic E-state index is 0.102. The predicted molar refractivity (Wildman–Crippen MR) is 185 cm³/mol. The molecule has 6 heteroatoms. The molecular weight excluding hydrogens is 566 g/mol. The van der Waals surface area contributed by atoms with E-state index in [0.717, 1.165) is 51.1 Å². The van der Waals surface area contributed by atoms with Gasteiger partial charge in [0.15, 0.2) is 0 Å². The van der Waals surface area contributed by atoms with Crippen LogP contribution in [0.5, 0.6) is 0 Å². The zero-order valence-electron chi connectivity index (χ0n) is 25.6. The Hall–Kier alpha value is -5.49. The Morgan fingerprint density at radius 1 is 0.674 bits per heavy atom. The van der Waals surface area contributed by atoms with Gasteiger partial charge in [0.2, 0.25) is 5.90 Å². The van der Waals surface area contributed by atoms with Crippen LogP contribution in [0.15, 0.2) is 121 Å². The Labute approximate surface area is 266 Å². The third kappa shape index (κ3) is 3.67. The second kappa shape index (κ2) is 9.51. The van der Waals surface area contributed by atoms with Gasteiger partial charge in [-0.05, 0) is 86.8 Å². The monoisotopic (exact) mass is 597 g/mol. The van der Waals surface area contributed by atoms with E-state index >= 15 is 0 Å². The van der Waals surface area contributed by atoms with Crippen molar-refractivity contribution in [3.8, 4) is 11.4 Å². The smallest absolute Gasteiger partial charge is 0.236 e. The Morgan fingerprint density at radius 2 is 1.46 bits per heavy atom. The number of aliphatic imine (C=N–C) groups is 1. The second-order valence-corrected chi connectivity index (χ2v) is 13.0. The third-order valence-corrected chi connectivity index (χ3v) is 10.2. The van der Waals surface area contributed by atoms with Crippen LogP contribution in [0.25, 0.3) is 55.1 Å². The topological polar surface area (TPSA) is 57.2 Å². The molecule has 222 valence electrons. The second-order valence-electron chi connectivity index (χ2n) is 13.0. The molecule has 0 bridgehead atoms. The Morgan fingerprint density at radius 3 is 2.33 bits per heavy atom. The number of benzene rings is 3. The van der Waals surface area contributed by atoms with E-state index in [0.29, 0.717) is 17.7 Å². The van der Waals surface area contributed by atoms with E-state index < -0.39 is 0 Å². The van der Waals surface area contributed by atoms with Crippen molar-refractivity contribution in [3.05, 3.63) is 132 Å². The van der Waals surface area contributed by atoms with E-state index in [1.54, 1.807) is 0 Å². The van der Waals surface area contributed by atoms with Gasteiger partial charge in [0.25, 0.3) is 0 Å². The van der Waals surface area contributed by atoms with Crippen molar-refractivity contribution >= 4 is 49.6 Å². The first-order chi connectivity index (χ1) is 22.6. The van der Waals surface area contributed by atoms with Gasteiger partial charge in [-0.3, -0.25) is 9.55 Å². The number of aromatic nitrogens is 4. The molecule has 5 heterocycles. The molecule has 3 aliphatic rings. The lowest BCUT2D eigenvalue weighted by Gasteiger charge is -2.17. The van der Waals surface area contributed by atoms with E-state index in [-0.39, 0.29) is 12.1 Å². The predicted octanol–water partition coefficient (Wildman–Crippen LogP) is 8.56. The van der Waals surface area contributed by atoms with Crippen LogP contribution in [0.2, 0.25) is 0 Å². The van der Waals surface area contributed by atoms with Crippen LogP contribution < -0.4 is 0 Å². The molecule has 4 atom stereocenters. The van der Waals surface area contributed by atoms with Crippen LogP contribution in [-0.4, -0.2) is 37.1 Å². The van der Waals surface area contributed by atoms with E-state index in [1.165, 1.54) is 27.3 Å². The lowest BCUT2D eigenvalue weighted by molar-refractivity contribution is 0.206. The summed E-state index contributed by atoms with van der Waals surface area (Å²) in [5.74, 6) is 1.56. The summed E-state index contributed by atoms with van der Waals surface area (Å²) in [6.45, 7) is 4.30. The molecule has 1 fully saturated rings. The molecule has 7 aromatic rings. The van der Waals surface area contributed by atoms with Crippen molar-refractivity contribution in [3.63, 3.8) is 0 Å². The van der Waals surface area contributed by atoms with Gasteiger partial charge < -0.3 is 9.30 Å². The molecule has 0 spiro atoms. The summed E-state index contributed by atoms with van der Waals surface area (Å²) in [7, 11) is 0. The quantitative estimate of drug-likeness (QED) is 0.205. The first kappa shape index (κ1) is 25.8. The van der Waals surface area contributed by atoms with E-state index in [1.807, 2.05) is 18.5 Å². The number of aryl methyl sites for hydroxylation is 2. The van der Waals surface area contributed by atoms with Gasteiger partial charge in [-0.2, -0.15) is 0 Å². The number of hydrogen-bond acceptors (Lipinski definition) is 4. The number of hydrogen-bond donors (Lipinski definition) is 0. The number of allylic oxidation sites excluding steroid dienone is 3. The molecule has 0 amide bonds. The molecule has 1 aliphatic heterocycles. The van der Waals surface area contributed by atoms with Crippen LogP contribution in [0.1, 0.15) is 23.2 Å². The van der Waals surface area contributed by atoms with Crippen LogP contribution in [0.3, 0.4) is 0 Å². The maximum atomic E-state index is 6.48. The highest BCUT2D eigenvalue weighted by Crippen LogP contribution is 2.43. The van der Waals surface area contributed by atoms with E-state index in [4.69, 9.17) is 19.7 Å². The molecule has 0 N–H and O–H groups in total. The van der Waals surface area contributed by atoms with Gasteiger partial charge in [0.05, 0.1) is 28.3 Å². The molecule has 6 nitrogen and oxygen atoms in total. The van der Waals surface area contributed by atoms with Crippen LogP contribution in [0.4, 0.5) is 0 Å². The van der Waals surface area contributed by atoms with Crippen LogP contribution >= 0.6 is 0 Å². The molecule has 3 aromatic carbocycles. The molecule has 1 saturated carbocycles. The summed E-state index contributed by atoms with van der Waals surface area (Å²) in [5, 5.41) is 4.80. The zero-order chi connectivity index (χ0) is 30.5. The van der Waals surface area contributed by atoms with Gasteiger partial charge >= 0.3 is 0 Å². The number of pyridine rings is 2. The normalized spacial score (nSPS) is 21.7. The molecule has 2 aliphatic carbocycles. The van der Waals surface area contributed by atoms with Crippen molar-refractivity contribution in [1.29, 1.82) is 0 Å². The van der Waals surface area contributed by atoms with Crippen molar-refractivity contribution in [2.45, 2.75) is 32.4 Å². The molecule has 2 unspecified atom stereocenters.